The molecule has 0 bridgehead atoms. The Bertz CT molecular complexity index is 161. The number of carboxylic acid groups (broad SMARTS) is 1. The van der Waals surface area contributed by atoms with Crippen LogP contribution in [0.4, 0.5) is 0 Å². The van der Waals surface area contributed by atoms with E-state index in [2.05, 4.69) is 0 Å². The summed E-state index contributed by atoms with van der Waals surface area (Å²) in [5, 5.41) is 17.2. The van der Waals surface area contributed by atoms with Crippen LogP contribution in [0.5, 0.6) is 0 Å². The molecule has 0 aromatic rings. The van der Waals surface area contributed by atoms with Crippen molar-refractivity contribution in [1.82, 2.24) is 4.90 Å². The first kappa shape index (κ1) is 13.4. The molecule has 0 aromatic carbocycles. The van der Waals surface area contributed by atoms with Crippen LogP contribution >= 0.6 is 0 Å². The second kappa shape index (κ2) is 7.76. The normalized spacial score (nSPS) is 13.1. The van der Waals surface area contributed by atoms with E-state index in [0.29, 0.717) is 0 Å². The van der Waals surface area contributed by atoms with Crippen molar-refractivity contribution in [3.05, 3.63) is 0 Å². The van der Waals surface area contributed by atoms with Gasteiger partial charge in [0.2, 0.25) is 0 Å². The zero-order valence-electron chi connectivity index (χ0n) is 9.07. The van der Waals surface area contributed by atoms with Gasteiger partial charge in [0.1, 0.15) is 0 Å². The minimum absolute atomic E-state index is 0.0848. The predicted molar refractivity (Wildman–Crippen MR) is 55.3 cm³/mol. The van der Waals surface area contributed by atoms with Gasteiger partial charge in [-0.3, -0.25) is 4.79 Å². The Labute approximate surface area is 85.5 Å². The third kappa shape index (κ3) is 6.86. The van der Waals surface area contributed by atoms with E-state index in [1.54, 1.807) is 0 Å². The number of rotatable bonds is 8. The fraction of sp³-hybridized carbons (Fsp3) is 0.900. The van der Waals surface area contributed by atoms with E-state index in [1.165, 1.54) is 0 Å². The van der Waals surface area contributed by atoms with Crippen LogP contribution in [-0.2, 0) is 4.79 Å². The second-order valence-electron chi connectivity index (χ2n) is 3.71. The van der Waals surface area contributed by atoms with Crippen LogP contribution in [0, 0.1) is 0 Å². The molecule has 84 valence electrons. The van der Waals surface area contributed by atoms with Crippen molar-refractivity contribution in [2.45, 2.75) is 38.6 Å². The van der Waals surface area contributed by atoms with Gasteiger partial charge in [0.25, 0.3) is 0 Å². The minimum Gasteiger partial charge on any atom is -0.481 e. The van der Waals surface area contributed by atoms with Gasteiger partial charge in [0.05, 0.1) is 6.42 Å². The summed E-state index contributed by atoms with van der Waals surface area (Å²) in [5.41, 5.74) is 0. The topological polar surface area (TPSA) is 60.8 Å². The zero-order chi connectivity index (χ0) is 11.0. The molecule has 0 heterocycles. The quantitative estimate of drug-likeness (QED) is 0.576. The highest BCUT2D eigenvalue weighted by Gasteiger charge is 2.11. The Hall–Kier alpha value is -0.610. The number of aliphatic hydroxyl groups excluding tert-OH is 1. The van der Waals surface area contributed by atoms with E-state index in [-0.39, 0.29) is 19.1 Å². The van der Waals surface area contributed by atoms with Gasteiger partial charge >= 0.3 is 5.97 Å². The van der Waals surface area contributed by atoms with Crippen LogP contribution in [0.25, 0.3) is 0 Å². The third-order valence-electron chi connectivity index (χ3n) is 2.39. The van der Waals surface area contributed by atoms with Crippen molar-refractivity contribution < 1.29 is 15.0 Å². The van der Waals surface area contributed by atoms with Crippen molar-refractivity contribution in [3.63, 3.8) is 0 Å². The van der Waals surface area contributed by atoms with Crippen molar-refractivity contribution >= 4 is 5.97 Å². The molecule has 0 amide bonds. The smallest absolute Gasteiger partial charge is 0.304 e. The molecule has 0 aliphatic rings. The first-order chi connectivity index (χ1) is 6.57. The lowest BCUT2D eigenvalue weighted by Crippen LogP contribution is -2.31. The van der Waals surface area contributed by atoms with Gasteiger partial charge < -0.3 is 15.1 Å². The number of hydrogen-bond acceptors (Lipinski definition) is 3. The molecule has 0 aromatic heterocycles. The molecule has 0 spiro atoms. The second-order valence-corrected chi connectivity index (χ2v) is 3.71. The van der Waals surface area contributed by atoms with Crippen LogP contribution in [0.1, 0.15) is 32.6 Å². The first-order valence-corrected chi connectivity index (χ1v) is 5.10. The van der Waals surface area contributed by atoms with Crippen LogP contribution in [-0.4, -0.2) is 47.3 Å². The Morgan fingerprint density at radius 1 is 1.36 bits per heavy atom. The van der Waals surface area contributed by atoms with Gasteiger partial charge in [0, 0.05) is 12.6 Å². The SMILES string of the molecule is CC(CC(=O)O)N(C)CCCCCO. The van der Waals surface area contributed by atoms with Crippen LogP contribution < -0.4 is 0 Å². The number of carboxylic acids is 1. The average molecular weight is 203 g/mol. The third-order valence-corrected chi connectivity index (χ3v) is 2.39. The summed E-state index contributed by atoms with van der Waals surface area (Å²) in [5.74, 6) is -0.750. The van der Waals surface area contributed by atoms with Gasteiger partial charge in [0.15, 0.2) is 0 Å². The summed E-state index contributed by atoms with van der Waals surface area (Å²) in [4.78, 5) is 12.5. The summed E-state index contributed by atoms with van der Waals surface area (Å²) < 4.78 is 0. The van der Waals surface area contributed by atoms with Crippen LogP contribution in [0.3, 0.4) is 0 Å². The van der Waals surface area contributed by atoms with E-state index in [9.17, 15) is 4.79 Å². The maximum atomic E-state index is 10.4. The Morgan fingerprint density at radius 3 is 2.50 bits per heavy atom. The highest BCUT2D eigenvalue weighted by Crippen LogP contribution is 2.04. The van der Waals surface area contributed by atoms with Crippen molar-refractivity contribution in [3.8, 4) is 0 Å². The highest BCUT2D eigenvalue weighted by molar-refractivity contribution is 5.67. The maximum Gasteiger partial charge on any atom is 0.304 e. The highest BCUT2D eigenvalue weighted by atomic mass is 16.4. The van der Waals surface area contributed by atoms with Gasteiger partial charge in [-0.2, -0.15) is 0 Å². The van der Waals surface area contributed by atoms with E-state index in [0.717, 1.165) is 25.8 Å². The lowest BCUT2D eigenvalue weighted by Gasteiger charge is -2.22. The number of carbonyl (C=O) groups is 1. The largest absolute Gasteiger partial charge is 0.481 e. The van der Waals surface area contributed by atoms with Crippen LogP contribution in [0.15, 0.2) is 0 Å². The molecular formula is C10H21NO3. The molecule has 0 aliphatic carbocycles. The Morgan fingerprint density at radius 2 is 2.00 bits per heavy atom. The summed E-state index contributed by atoms with van der Waals surface area (Å²) in [7, 11) is 1.94. The zero-order valence-corrected chi connectivity index (χ0v) is 9.07. The van der Waals surface area contributed by atoms with Gasteiger partial charge in [-0.15, -0.1) is 0 Å². The lowest BCUT2D eigenvalue weighted by molar-refractivity contribution is -0.138. The fourth-order valence-corrected chi connectivity index (χ4v) is 1.28. The maximum absolute atomic E-state index is 10.4. The van der Waals surface area contributed by atoms with E-state index >= 15 is 0 Å². The molecule has 0 aliphatic heterocycles. The molecule has 0 rings (SSSR count). The molecule has 0 saturated heterocycles. The number of unbranched alkanes of at least 4 members (excludes halogenated alkanes) is 2. The molecule has 1 atom stereocenters. The molecular weight excluding hydrogens is 182 g/mol. The number of aliphatic carboxylic acids is 1. The van der Waals surface area contributed by atoms with E-state index in [4.69, 9.17) is 10.2 Å². The van der Waals surface area contributed by atoms with Gasteiger partial charge in [-0.25, -0.2) is 0 Å². The molecule has 0 fully saturated rings. The van der Waals surface area contributed by atoms with E-state index < -0.39 is 5.97 Å². The molecule has 4 nitrogen and oxygen atoms in total. The summed E-state index contributed by atoms with van der Waals surface area (Å²) >= 11 is 0. The number of aliphatic hydroxyl groups is 1. The fourth-order valence-electron chi connectivity index (χ4n) is 1.28. The first-order valence-electron chi connectivity index (χ1n) is 5.10. The molecule has 1 unspecified atom stereocenters. The molecule has 2 N–H and O–H groups in total. The number of nitrogens with zero attached hydrogens (tertiary/aromatic N) is 1. The van der Waals surface area contributed by atoms with Crippen LogP contribution in [0.2, 0.25) is 0 Å². The van der Waals surface area contributed by atoms with Gasteiger partial charge in [-0.1, -0.05) is 0 Å². The molecule has 0 saturated carbocycles. The Kier molecular flexibility index (Phi) is 7.42. The van der Waals surface area contributed by atoms with E-state index in [1.807, 2.05) is 18.9 Å². The van der Waals surface area contributed by atoms with Crippen molar-refractivity contribution in [2.24, 2.45) is 0 Å². The standard InChI is InChI=1S/C10H21NO3/c1-9(8-10(13)14)11(2)6-4-3-5-7-12/h9,12H,3-8H2,1-2H3,(H,13,14). The molecule has 0 radical (unpaired) electrons. The predicted octanol–water partition coefficient (Wildman–Crippen LogP) is 0.944. The monoisotopic (exact) mass is 203 g/mol. The summed E-state index contributed by atoms with van der Waals surface area (Å²) in [6.45, 7) is 3.06. The molecule has 4 heteroatoms. The average Bonchev–Trinajstić information content (AvgIpc) is 2.11. The van der Waals surface area contributed by atoms with Gasteiger partial charge in [-0.05, 0) is 39.8 Å². The minimum atomic E-state index is -0.750. The lowest BCUT2D eigenvalue weighted by atomic mass is 10.2. The van der Waals surface area contributed by atoms with Crippen molar-refractivity contribution in [2.75, 3.05) is 20.2 Å². The molecule has 14 heavy (non-hydrogen) atoms. The number of hydrogen-bond donors (Lipinski definition) is 2. The summed E-state index contributed by atoms with van der Waals surface area (Å²) in [6.07, 6.45) is 3.04. The summed E-state index contributed by atoms with van der Waals surface area (Å²) in [6, 6.07) is 0.0848. The van der Waals surface area contributed by atoms with Crippen molar-refractivity contribution in [1.29, 1.82) is 0 Å². The Balaban J connectivity index is 3.51.